The second-order valence-corrected chi connectivity index (χ2v) is 11.7. The summed E-state index contributed by atoms with van der Waals surface area (Å²) in [5.74, 6) is 0.768. The summed E-state index contributed by atoms with van der Waals surface area (Å²) in [7, 11) is 0. The minimum atomic E-state index is 0.211. The number of aryl methyl sites for hydroxylation is 1. The molecule has 0 amide bonds. The number of thiophene rings is 1. The van der Waals surface area contributed by atoms with Gasteiger partial charge in [0.25, 0.3) is 0 Å². The van der Waals surface area contributed by atoms with Crippen LogP contribution in [0.3, 0.4) is 0 Å². The maximum Gasteiger partial charge on any atom is 0.140 e. The molecule has 0 spiro atoms. The van der Waals surface area contributed by atoms with E-state index in [1.165, 1.54) is 15.6 Å². The van der Waals surface area contributed by atoms with E-state index in [1.54, 1.807) is 30.0 Å². The van der Waals surface area contributed by atoms with Crippen LogP contribution in [0.4, 0.5) is 0 Å². The van der Waals surface area contributed by atoms with Gasteiger partial charge in [0.15, 0.2) is 0 Å². The fourth-order valence-electron chi connectivity index (χ4n) is 2.29. The summed E-state index contributed by atoms with van der Waals surface area (Å²) >= 11 is 17.6. The van der Waals surface area contributed by atoms with Crippen molar-refractivity contribution >= 4 is 99.4 Å². The molecule has 1 heterocycles. The van der Waals surface area contributed by atoms with Crippen molar-refractivity contribution in [3.05, 3.63) is 91.1 Å². The molecule has 0 aliphatic carbocycles. The zero-order chi connectivity index (χ0) is 22.8. The Balaban J connectivity index is 0.000000168. The largest absolute Gasteiger partial charge is 0.299 e. The summed E-state index contributed by atoms with van der Waals surface area (Å²) < 4.78 is 4.68. The maximum atomic E-state index is 10.7. The fourth-order valence-corrected chi connectivity index (χ4v) is 4.95. The first-order chi connectivity index (χ1) is 14.7. The van der Waals surface area contributed by atoms with Gasteiger partial charge in [0.1, 0.15) is 5.78 Å². The van der Waals surface area contributed by atoms with Crippen molar-refractivity contribution in [2.24, 2.45) is 0 Å². The van der Waals surface area contributed by atoms with Gasteiger partial charge in [0.05, 0.1) is 5.75 Å². The lowest BCUT2D eigenvalue weighted by atomic mass is 10.2. The smallest absolute Gasteiger partial charge is 0.140 e. The van der Waals surface area contributed by atoms with Crippen LogP contribution in [-0.4, -0.2) is 11.5 Å². The van der Waals surface area contributed by atoms with E-state index in [4.69, 9.17) is 0 Å². The standard InChI is InChI=1S/C9H9BrOS.C9H7BrS.C6H5BrS/c1-7(11)6-12-9-4-2-8(10)3-5-9;1-6-5-11-9-3-2-7(10)4-8(6)9;7-5-1-3-6(8)4-2-5/h2-5H,6H2,1H3;2-5H,1H3;1-4,8H. The van der Waals surface area contributed by atoms with Gasteiger partial charge in [-0.3, -0.25) is 4.79 Å². The van der Waals surface area contributed by atoms with E-state index in [9.17, 15) is 4.79 Å². The molecule has 0 radical (unpaired) electrons. The first-order valence-corrected chi connectivity index (χ1v) is 13.9. The van der Waals surface area contributed by atoms with E-state index in [0.29, 0.717) is 5.75 Å². The maximum absolute atomic E-state index is 10.7. The van der Waals surface area contributed by atoms with E-state index in [2.05, 4.69) is 90.9 Å². The van der Waals surface area contributed by atoms with Crippen molar-refractivity contribution in [2.75, 3.05) is 5.75 Å². The van der Waals surface area contributed by atoms with Crippen molar-refractivity contribution in [1.82, 2.24) is 0 Å². The molecule has 4 aromatic rings. The highest BCUT2D eigenvalue weighted by molar-refractivity contribution is 9.11. The quantitative estimate of drug-likeness (QED) is 0.174. The van der Waals surface area contributed by atoms with Gasteiger partial charge in [-0.25, -0.2) is 0 Å². The predicted octanol–water partition coefficient (Wildman–Crippen LogP) is 9.84. The second-order valence-electron chi connectivity index (χ2n) is 6.48. The number of fused-ring (bicyclic) bond motifs is 1. The molecule has 0 atom stereocenters. The number of benzene rings is 3. The first-order valence-electron chi connectivity index (χ1n) is 9.20. The Labute approximate surface area is 222 Å². The summed E-state index contributed by atoms with van der Waals surface area (Å²) in [6.45, 7) is 3.75. The van der Waals surface area contributed by atoms with Crippen LogP contribution in [0.15, 0.2) is 95.3 Å². The van der Waals surface area contributed by atoms with Crippen LogP contribution < -0.4 is 0 Å². The Morgan fingerprint density at radius 3 is 2.00 bits per heavy atom. The van der Waals surface area contributed by atoms with E-state index in [1.807, 2.05) is 48.5 Å². The molecule has 0 fully saturated rings. The third kappa shape index (κ3) is 10.3. The predicted molar refractivity (Wildman–Crippen MR) is 151 cm³/mol. The zero-order valence-electron chi connectivity index (χ0n) is 16.9. The van der Waals surface area contributed by atoms with Gasteiger partial charge in [0.2, 0.25) is 0 Å². The van der Waals surface area contributed by atoms with Gasteiger partial charge in [-0.1, -0.05) is 47.8 Å². The third-order valence-corrected chi connectivity index (χ3v) is 7.90. The molecule has 0 aliphatic heterocycles. The molecule has 1 aromatic heterocycles. The SMILES string of the molecule is CC(=O)CSc1ccc(Br)cc1.Cc1csc2ccc(Br)cc12.Sc1ccc(Br)cc1. The Kier molecular flexibility index (Phi) is 11.9. The Hall–Kier alpha value is -0.570. The monoisotopic (exact) mass is 658 g/mol. The molecule has 162 valence electrons. The van der Waals surface area contributed by atoms with Crippen LogP contribution >= 0.6 is 83.5 Å². The van der Waals surface area contributed by atoms with Crippen molar-refractivity contribution in [2.45, 2.75) is 23.6 Å². The Morgan fingerprint density at radius 1 is 0.903 bits per heavy atom. The molecule has 31 heavy (non-hydrogen) atoms. The summed E-state index contributed by atoms with van der Waals surface area (Å²) in [4.78, 5) is 12.8. The van der Waals surface area contributed by atoms with Crippen molar-refractivity contribution < 1.29 is 4.79 Å². The number of hydrogen-bond acceptors (Lipinski definition) is 4. The molecule has 7 heteroatoms. The first kappa shape index (κ1) is 26.7. The van der Waals surface area contributed by atoms with E-state index < -0.39 is 0 Å². The molecule has 0 aliphatic rings. The van der Waals surface area contributed by atoms with Crippen molar-refractivity contribution in [1.29, 1.82) is 0 Å². The molecule has 0 unspecified atom stereocenters. The topological polar surface area (TPSA) is 17.1 Å². The van der Waals surface area contributed by atoms with Gasteiger partial charge in [0, 0.05) is 27.9 Å². The highest BCUT2D eigenvalue weighted by Crippen LogP contribution is 2.27. The van der Waals surface area contributed by atoms with Crippen molar-refractivity contribution in [3.63, 3.8) is 0 Å². The lowest BCUT2D eigenvalue weighted by molar-refractivity contribution is -0.114. The average Bonchev–Trinajstić information content (AvgIpc) is 3.11. The number of carbonyl (C=O) groups is 1. The van der Waals surface area contributed by atoms with Gasteiger partial charge in [-0.2, -0.15) is 0 Å². The van der Waals surface area contributed by atoms with E-state index in [-0.39, 0.29) is 5.78 Å². The Bertz CT molecular complexity index is 1090. The Morgan fingerprint density at radius 2 is 1.45 bits per heavy atom. The van der Waals surface area contributed by atoms with Gasteiger partial charge >= 0.3 is 0 Å². The van der Waals surface area contributed by atoms with E-state index >= 15 is 0 Å². The number of thioether (sulfide) groups is 1. The van der Waals surface area contributed by atoms with Crippen LogP contribution in [0.5, 0.6) is 0 Å². The summed E-state index contributed by atoms with van der Waals surface area (Å²) in [6.07, 6.45) is 0. The molecule has 3 aromatic carbocycles. The minimum absolute atomic E-state index is 0.211. The van der Waals surface area contributed by atoms with E-state index in [0.717, 1.165) is 23.2 Å². The number of halogens is 3. The summed E-state index contributed by atoms with van der Waals surface area (Å²) in [5, 5.41) is 3.56. The number of Topliss-reactive ketones (excluding diaryl/α,β-unsaturated/α-hetero) is 1. The van der Waals surface area contributed by atoms with Crippen LogP contribution in [0.25, 0.3) is 10.1 Å². The van der Waals surface area contributed by atoms with Crippen LogP contribution in [0, 0.1) is 6.92 Å². The molecule has 1 nitrogen and oxygen atoms in total. The number of carbonyl (C=O) groups excluding carboxylic acids is 1. The van der Waals surface area contributed by atoms with Gasteiger partial charge < -0.3 is 0 Å². The van der Waals surface area contributed by atoms with Gasteiger partial charge in [-0.15, -0.1) is 35.7 Å². The number of rotatable bonds is 3. The molecule has 0 bridgehead atoms. The molecular weight excluding hydrogens is 640 g/mol. The number of thiol groups is 1. The molecule has 0 saturated heterocycles. The van der Waals surface area contributed by atoms with Crippen LogP contribution in [0.2, 0.25) is 0 Å². The number of hydrogen-bond donors (Lipinski definition) is 1. The lowest BCUT2D eigenvalue weighted by Gasteiger charge is -1.97. The minimum Gasteiger partial charge on any atom is -0.299 e. The van der Waals surface area contributed by atoms with Gasteiger partial charge in [-0.05, 0) is 96.9 Å². The second kappa shape index (κ2) is 13.9. The molecular formula is C24H21Br3OS3. The highest BCUT2D eigenvalue weighted by Gasteiger charge is 1.99. The zero-order valence-corrected chi connectivity index (χ0v) is 24.2. The third-order valence-electron chi connectivity index (χ3n) is 3.81. The molecule has 0 saturated carbocycles. The fraction of sp³-hybridized carbons (Fsp3) is 0.125. The summed E-state index contributed by atoms with van der Waals surface area (Å²) in [6, 6.07) is 22.1. The van der Waals surface area contributed by atoms with Crippen LogP contribution in [0.1, 0.15) is 12.5 Å². The average molecular weight is 661 g/mol. The lowest BCUT2D eigenvalue weighted by Crippen LogP contribution is -1.92. The molecule has 4 rings (SSSR count). The summed E-state index contributed by atoms with van der Waals surface area (Å²) in [5.41, 5.74) is 1.37. The van der Waals surface area contributed by atoms with Crippen molar-refractivity contribution in [3.8, 4) is 0 Å². The highest BCUT2D eigenvalue weighted by atomic mass is 79.9. The molecule has 0 N–H and O–H groups in total. The number of ketones is 1. The normalized spacial score (nSPS) is 10.0. The van der Waals surface area contributed by atoms with Crippen LogP contribution in [-0.2, 0) is 4.79 Å².